The van der Waals surface area contributed by atoms with E-state index in [1.165, 1.54) is 31.3 Å². The van der Waals surface area contributed by atoms with Crippen LogP contribution in [0.3, 0.4) is 0 Å². The van der Waals surface area contributed by atoms with E-state index < -0.39 is 28.5 Å². The van der Waals surface area contributed by atoms with Crippen molar-refractivity contribution >= 4 is 50.7 Å². The van der Waals surface area contributed by atoms with Gasteiger partial charge in [-0.1, -0.05) is 36.2 Å². The average molecular weight is 575 g/mol. The van der Waals surface area contributed by atoms with Crippen LogP contribution >= 0.6 is 23.2 Å². The van der Waals surface area contributed by atoms with Crippen LogP contribution in [0.15, 0.2) is 36.4 Å². The number of sulfonamides is 1. The van der Waals surface area contributed by atoms with E-state index in [-0.39, 0.29) is 29.9 Å². The smallest absolute Gasteiger partial charge is 0.244 e. The van der Waals surface area contributed by atoms with Crippen molar-refractivity contribution in [2.45, 2.75) is 45.8 Å². The van der Waals surface area contributed by atoms with E-state index in [0.29, 0.717) is 27.8 Å². The number of methoxy groups -OCH3 is 2. The Labute approximate surface area is 228 Å². The van der Waals surface area contributed by atoms with Crippen LogP contribution < -0.4 is 19.1 Å². The second-order valence-electron chi connectivity index (χ2n) is 8.65. The van der Waals surface area contributed by atoms with E-state index in [0.717, 1.165) is 10.6 Å². The fourth-order valence-corrected chi connectivity index (χ4v) is 5.04. The molecule has 2 rings (SSSR count). The summed E-state index contributed by atoms with van der Waals surface area (Å²) in [6.07, 6.45) is 1.29. The van der Waals surface area contributed by atoms with Gasteiger partial charge in [0.15, 0.2) is 0 Å². The number of amides is 2. The Morgan fingerprint density at radius 1 is 1.05 bits per heavy atom. The van der Waals surface area contributed by atoms with Crippen molar-refractivity contribution < 1.29 is 27.5 Å². The van der Waals surface area contributed by atoms with Crippen LogP contribution in [0.5, 0.6) is 11.5 Å². The lowest BCUT2D eigenvalue weighted by molar-refractivity contribution is -0.140. The first kappa shape index (κ1) is 30.5. The number of benzene rings is 2. The molecule has 1 atom stereocenters. The highest BCUT2D eigenvalue weighted by Gasteiger charge is 2.33. The SMILES string of the molecule is CCC(C(=O)NC(C)C)N(Cc1ccc(Cl)cc1Cl)C(=O)CN(c1ccc(OC)cc1OC)S(C)(=O)=O. The number of anilines is 1. The zero-order valence-electron chi connectivity index (χ0n) is 21.7. The molecule has 37 heavy (non-hydrogen) atoms. The molecule has 0 fully saturated rings. The first-order valence-corrected chi connectivity index (χ1v) is 14.2. The van der Waals surface area contributed by atoms with Crippen LogP contribution in [-0.4, -0.2) is 64.2 Å². The molecule has 2 aromatic carbocycles. The molecule has 1 unspecified atom stereocenters. The zero-order valence-corrected chi connectivity index (χ0v) is 24.1. The Bertz CT molecular complexity index is 1220. The standard InChI is InChI=1S/C25H33Cl2N3O6S/c1-7-21(25(32)28-16(2)3)29(14-17-8-9-18(26)12-20(17)27)24(31)15-30(37(6,33)34)22-11-10-19(35-4)13-23(22)36-5/h8-13,16,21H,7,14-15H2,1-6H3,(H,28,32). The molecular formula is C25H33Cl2N3O6S. The lowest BCUT2D eigenvalue weighted by Gasteiger charge is -2.33. The quantitative estimate of drug-likeness (QED) is 0.409. The number of carbonyl (C=O) groups excluding carboxylic acids is 2. The van der Waals surface area contributed by atoms with Gasteiger partial charge in [0.25, 0.3) is 0 Å². The summed E-state index contributed by atoms with van der Waals surface area (Å²) in [4.78, 5) is 28.2. The van der Waals surface area contributed by atoms with Gasteiger partial charge in [-0.3, -0.25) is 13.9 Å². The average Bonchev–Trinajstić information content (AvgIpc) is 2.82. The maximum atomic E-state index is 13.8. The summed E-state index contributed by atoms with van der Waals surface area (Å²) in [5, 5.41) is 3.57. The minimum absolute atomic E-state index is 0.0315. The summed E-state index contributed by atoms with van der Waals surface area (Å²) in [6, 6.07) is 8.39. The van der Waals surface area contributed by atoms with E-state index in [1.54, 1.807) is 31.2 Å². The molecule has 2 aromatic rings. The van der Waals surface area contributed by atoms with Gasteiger partial charge in [0.1, 0.15) is 24.1 Å². The molecule has 2 amide bonds. The summed E-state index contributed by atoms with van der Waals surface area (Å²) in [5.74, 6) is -0.297. The molecule has 0 aromatic heterocycles. The molecule has 0 saturated heterocycles. The van der Waals surface area contributed by atoms with Crippen LogP contribution in [0.25, 0.3) is 0 Å². The second kappa shape index (κ2) is 13.2. The van der Waals surface area contributed by atoms with E-state index in [1.807, 2.05) is 13.8 Å². The lowest BCUT2D eigenvalue weighted by Crippen LogP contribution is -2.53. The number of rotatable bonds is 12. The molecular weight excluding hydrogens is 541 g/mol. The highest BCUT2D eigenvalue weighted by Crippen LogP contribution is 2.34. The maximum Gasteiger partial charge on any atom is 0.244 e. The normalized spacial score (nSPS) is 12.1. The van der Waals surface area contributed by atoms with Crippen LogP contribution in [0.4, 0.5) is 5.69 Å². The first-order chi connectivity index (χ1) is 17.3. The van der Waals surface area contributed by atoms with Crippen molar-refractivity contribution in [1.82, 2.24) is 10.2 Å². The predicted octanol–water partition coefficient (Wildman–Crippen LogP) is 4.11. The molecule has 9 nitrogen and oxygen atoms in total. The summed E-state index contributed by atoms with van der Waals surface area (Å²) in [5.41, 5.74) is 0.714. The Morgan fingerprint density at radius 3 is 2.24 bits per heavy atom. The number of carbonyl (C=O) groups is 2. The number of nitrogens with zero attached hydrogens (tertiary/aromatic N) is 2. The number of hydrogen-bond donors (Lipinski definition) is 1. The third-order valence-corrected chi connectivity index (χ3v) is 7.22. The van der Waals surface area contributed by atoms with Crippen molar-refractivity contribution in [3.05, 3.63) is 52.0 Å². The van der Waals surface area contributed by atoms with Crippen molar-refractivity contribution in [3.8, 4) is 11.5 Å². The number of ether oxygens (including phenoxy) is 2. The Kier molecular flexibility index (Phi) is 10.9. The summed E-state index contributed by atoms with van der Waals surface area (Å²) >= 11 is 12.4. The van der Waals surface area contributed by atoms with Crippen molar-refractivity contribution in [2.75, 3.05) is 31.3 Å². The molecule has 204 valence electrons. The monoisotopic (exact) mass is 573 g/mol. The summed E-state index contributed by atoms with van der Waals surface area (Å²) < 4.78 is 37.2. The lowest BCUT2D eigenvalue weighted by atomic mass is 10.1. The first-order valence-electron chi connectivity index (χ1n) is 11.6. The third kappa shape index (κ3) is 8.15. The minimum Gasteiger partial charge on any atom is -0.497 e. The van der Waals surface area contributed by atoms with Crippen LogP contribution in [-0.2, 0) is 26.2 Å². The van der Waals surface area contributed by atoms with Crippen LogP contribution in [0.1, 0.15) is 32.8 Å². The van der Waals surface area contributed by atoms with Crippen molar-refractivity contribution in [3.63, 3.8) is 0 Å². The maximum absolute atomic E-state index is 13.8. The Hall–Kier alpha value is -2.69. The number of hydrogen-bond acceptors (Lipinski definition) is 6. The van der Waals surface area contributed by atoms with Gasteiger partial charge in [-0.25, -0.2) is 8.42 Å². The highest BCUT2D eigenvalue weighted by atomic mass is 35.5. The van der Waals surface area contributed by atoms with Gasteiger partial charge in [-0.2, -0.15) is 0 Å². The topological polar surface area (TPSA) is 105 Å². The summed E-state index contributed by atoms with van der Waals surface area (Å²) in [6.45, 7) is 4.80. The van der Waals surface area contributed by atoms with E-state index in [2.05, 4.69) is 5.32 Å². The van der Waals surface area contributed by atoms with Gasteiger partial charge in [-0.15, -0.1) is 0 Å². The van der Waals surface area contributed by atoms with E-state index in [9.17, 15) is 18.0 Å². The number of nitrogens with one attached hydrogen (secondary N) is 1. The Balaban J connectivity index is 2.54. The Morgan fingerprint density at radius 2 is 1.73 bits per heavy atom. The molecule has 0 saturated carbocycles. The largest absolute Gasteiger partial charge is 0.497 e. The molecule has 1 N–H and O–H groups in total. The van der Waals surface area contributed by atoms with Gasteiger partial charge < -0.3 is 19.7 Å². The fraction of sp³-hybridized carbons (Fsp3) is 0.440. The molecule has 12 heteroatoms. The predicted molar refractivity (Wildman–Crippen MR) is 146 cm³/mol. The zero-order chi connectivity index (χ0) is 27.9. The summed E-state index contributed by atoms with van der Waals surface area (Å²) in [7, 11) is -1.08. The van der Waals surface area contributed by atoms with Crippen molar-refractivity contribution in [1.29, 1.82) is 0 Å². The molecule has 0 spiro atoms. The van der Waals surface area contributed by atoms with Gasteiger partial charge in [-0.05, 0) is 50.1 Å². The fourth-order valence-electron chi connectivity index (χ4n) is 3.72. The van der Waals surface area contributed by atoms with E-state index in [4.69, 9.17) is 32.7 Å². The van der Waals surface area contributed by atoms with Gasteiger partial charge in [0.05, 0.1) is 26.2 Å². The van der Waals surface area contributed by atoms with Crippen LogP contribution in [0, 0.1) is 0 Å². The van der Waals surface area contributed by atoms with Gasteiger partial charge in [0, 0.05) is 28.7 Å². The van der Waals surface area contributed by atoms with Crippen LogP contribution in [0.2, 0.25) is 10.0 Å². The highest BCUT2D eigenvalue weighted by molar-refractivity contribution is 7.92. The van der Waals surface area contributed by atoms with Gasteiger partial charge >= 0.3 is 0 Å². The van der Waals surface area contributed by atoms with E-state index >= 15 is 0 Å². The third-order valence-electron chi connectivity index (χ3n) is 5.51. The molecule has 0 aliphatic heterocycles. The molecule has 0 aliphatic carbocycles. The second-order valence-corrected chi connectivity index (χ2v) is 11.4. The number of halogens is 2. The van der Waals surface area contributed by atoms with Gasteiger partial charge in [0.2, 0.25) is 21.8 Å². The molecule has 0 radical (unpaired) electrons. The van der Waals surface area contributed by atoms with Crippen molar-refractivity contribution in [2.24, 2.45) is 0 Å². The molecule has 0 aliphatic rings. The molecule has 0 bridgehead atoms. The minimum atomic E-state index is -3.94. The molecule has 0 heterocycles.